The van der Waals surface area contributed by atoms with Crippen LogP contribution >= 0.6 is 0 Å². The predicted molar refractivity (Wildman–Crippen MR) is 77.3 cm³/mol. The van der Waals surface area contributed by atoms with Crippen LogP contribution in [0.4, 0.5) is 0 Å². The fraction of sp³-hybridized carbons (Fsp3) is 0.714. The molecular weight excluding hydrogens is 256 g/mol. The highest BCUT2D eigenvalue weighted by Crippen LogP contribution is 2.22. The normalized spacial score (nSPS) is 19.3. The van der Waals surface area contributed by atoms with Gasteiger partial charge in [0.25, 0.3) is 0 Å². The van der Waals surface area contributed by atoms with Crippen molar-refractivity contribution in [3.63, 3.8) is 0 Å². The van der Waals surface area contributed by atoms with E-state index in [9.17, 15) is 4.79 Å². The number of carbonyl (C=O) groups is 1. The zero-order chi connectivity index (χ0) is 14.5. The fourth-order valence-electron chi connectivity index (χ4n) is 2.47. The first kappa shape index (κ1) is 15.0. The number of likely N-dealkylation sites (N-methyl/N-ethyl adjacent to an activating group) is 1. The maximum absolute atomic E-state index is 12.7. The van der Waals surface area contributed by atoms with Gasteiger partial charge in [-0.05, 0) is 33.5 Å². The molecule has 2 heterocycles. The third-order valence-electron chi connectivity index (χ3n) is 3.65. The van der Waals surface area contributed by atoms with Gasteiger partial charge in [0, 0.05) is 6.54 Å². The number of ketones is 1. The summed E-state index contributed by atoms with van der Waals surface area (Å²) in [7, 11) is 5.59. The summed E-state index contributed by atoms with van der Waals surface area (Å²) >= 11 is 0. The van der Waals surface area contributed by atoms with E-state index in [1.807, 2.05) is 14.1 Å². The van der Waals surface area contributed by atoms with Crippen molar-refractivity contribution >= 4 is 5.78 Å². The van der Waals surface area contributed by atoms with Crippen molar-refractivity contribution in [3.8, 4) is 5.75 Å². The number of hydrogen-bond acceptors (Lipinski definition) is 5. The average Bonchev–Trinajstić information content (AvgIpc) is 2.88. The molecule has 112 valence electrons. The first-order valence-corrected chi connectivity index (χ1v) is 7.15. The molecular formula is C14H24N4O2. The van der Waals surface area contributed by atoms with E-state index in [0.717, 1.165) is 32.4 Å². The Morgan fingerprint density at radius 1 is 1.55 bits per heavy atom. The summed E-state index contributed by atoms with van der Waals surface area (Å²) in [5.41, 5.74) is 0.591. The van der Waals surface area contributed by atoms with E-state index in [-0.39, 0.29) is 11.8 Å². The van der Waals surface area contributed by atoms with Crippen molar-refractivity contribution in [2.75, 3.05) is 34.3 Å². The molecule has 20 heavy (non-hydrogen) atoms. The van der Waals surface area contributed by atoms with Crippen LogP contribution in [0.15, 0.2) is 6.20 Å². The summed E-state index contributed by atoms with van der Waals surface area (Å²) < 4.78 is 7.06. The van der Waals surface area contributed by atoms with Crippen LogP contribution in [-0.4, -0.2) is 60.8 Å². The molecule has 1 aromatic rings. The Bertz CT molecular complexity index is 450. The Balaban J connectivity index is 2.18. The molecule has 1 unspecified atom stereocenters. The lowest BCUT2D eigenvalue weighted by atomic mass is 9.99. The van der Waals surface area contributed by atoms with E-state index in [4.69, 9.17) is 4.74 Å². The topological polar surface area (TPSA) is 59.4 Å². The second-order valence-electron chi connectivity index (χ2n) is 5.45. The predicted octanol–water partition coefficient (Wildman–Crippen LogP) is 0.778. The highest BCUT2D eigenvalue weighted by atomic mass is 16.5. The monoisotopic (exact) mass is 280 g/mol. The zero-order valence-corrected chi connectivity index (χ0v) is 12.6. The van der Waals surface area contributed by atoms with Crippen LogP contribution in [0.25, 0.3) is 0 Å². The minimum Gasteiger partial charge on any atom is -0.493 e. The quantitative estimate of drug-likeness (QED) is 0.780. The SMILES string of the molecule is COc1cnn(CCN(C)C)c1C(=O)C1CCCCN1. The third-order valence-corrected chi connectivity index (χ3v) is 3.65. The molecule has 1 aliphatic heterocycles. The number of piperidine rings is 1. The van der Waals surface area contributed by atoms with Crippen molar-refractivity contribution in [3.05, 3.63) is 11.9 Å². The summed E-state index contributed by atoms with van der Waals surface area (Å²) in [4.78, 5) is 14.8. The summed E-state index contributed by atoms with van der Waals surface area (Å²) in [6, 6.07) is -0.104. The van der Waals surface area contributed by atoms with Gasteiger partial charge in [-0.3, -0.25) is 9.48 Å². The Labute approximate surface area is 120 Å². The molecule has 1 fully saturated rings. The van der Waals surface area contributed by atoms with Crippen LogP contribution in [-0.2, 0) is 6.54 Å². The minimum absolute atomic E-state index is 0.0952. The lowest BCUT2D eigenvalue weighted by Gasteiger charge is -2.23. The van der Waals surface area contributed by atoms with Crippen LogP contribution in [0, 0.1) is 0 Å². The number of methoxy groups -OCH3 is 1. The van der Waals surface area contributed by atoms with Crippen molar-refractivity contribution < 1.29 is 9.53 Å². The Kier molecular flexibility index (Phi) is 5.14. The minimum atomic E-state index is -0.104. The lowest BCUT2D eigenvalue weighted by molar-refractivity contribution is 0.0912. The molecule has 0 bridgehead atoms. The van der Waals surface area contributed by atoms with Gasteiger partial charge in [-0.25, -0.2) is 0 Å². The van der Waals surface area contributed by atoms with Gasteiger partial charge in [-0.2, -0.15) is 5.10 Å². The van der Waals surface area contributed by atoms with Crippen LogP contribution in [0.1, 0.15) is 29.8 Å². The Morgan fingerprint density at radius 3 is 2.95 bits per heavy atom. The number of aromatic nitrogens is 2. The lowest BCUT2D eigenvalue weighted by Crippen LogP contribution is -2.41. The third kappa shape index (κ3) is 3.37. The first-order chi connectivity index (χ1) is 9.63. The molecule has 0 aromatic carbocycles. The molecule has 1 aromatic heterocycles. The van der Waals surface area contributed by atoms with Gasteiger partial charge in [-0.1, -0.05) is 6.42 Å². The van der Waals surface area contributed by atoms with E-state index in [1.165, 1.54) is 0 Å². The number of ether oxygens (including phenoxy) is 1. The van der Waals surface area contributed by atoms with Crippen molar-refractivity contribution in [2.24, 2.45) is 0 Å². The molecule has 6 nitrogen and oxygen atoms in total. The van der Waals surface area contributed by atoms with Gasteiger partial charge in [0.05, 0.1) is 25.9 Å². The molecule has 1 aliphatic rings. The van der Waals surface area contributed by atoms with Crippen molar-refractivity contribution in [1.82, 2.24) is 20.0 Å². The number of nitrogens with one attached hydrogen (secondary N) is 1. The fourth-order valence-corrected chi connectivity index (χ4v) is 2.47. The van der Waals surface area contributed by atoms with Gasteiger partial charge in [0.1, 0.15) is 5.69 Å². The van der Waals surface area contributed by atoms with Crippen molar-refractivity contribution in [1.29, 1.82) is 0 Å². The first-order valence-electron chi connectivity index (χ1n) is 7.15. The van der Waals surface area contributed by atoms with Gasteiger partial charge in [-0.15, -0.1) is 0 Å². The number of Topliss-reactive ketones (excluding diaryl/α,β-unsaturated/α-hetero) is 1. The maximum Gasteiger partial charge on any atom is 0.201 e. The van der Waals surface area contributed by atoms with Gasteiger partial charge < -0.3 is 15.0 Å². The average molecular weight is 280 g/mol. The van der Waals surface area contributed by atoms with Crippen LogP contribution in [0.5, 0.6) is 5.75 Å². The van der Waals surface area contributed by atoms with E-state index in [0.29, 0.717) is 18.0 Å². The summed E-state index contributed by atoms with van der Waals surface area (Å²) in [5, 5.41) is 7.59. The molecule has 0 aliphatic carbocycles. The second-order valence-corrected chi connectivity index (χ2v) is 5.45. The van der Waals surface area contributed by atoms with Crippen LogP contribution < -0.4 is 10.1 Å². The van der Waals surface area contributed by atoms with E-state index >= 15 is 0 Å². The summed E-state index contributed by atoms with van der Waals surface area (Å²) in [6.45, 7) is 2.43. The highest BCUT2D eigenvalue weighted by Gasteiger charge is 2.28. The molecule has 0 spiro atoms. The van der Waals surface area contributed by atoms with E-state index in [2.05, 4.69) is 15.3 Å². The number of carbonyl (C=O) groups excluding carboxylic acids is 1. The Hall–Kier alpha value is -1.40. The molecule has 0 radical (unpaired) electrons. The summed E-state index contributed by atoms with van der Waals surface area (Å²) in [6.07, 6.45) is 4.75. The highest BCUT2D eigenvalue weighted by molar-refractivity contribution is 6.01. The number of hydrogen-bond donors (Lipinski definition) is 1. The van der Waals surface area contributed by atoms with Gasteiger partial charge in [0.15, 0.2) is 5.75 Å². The molecule has 0 amide bonds. The Morgan fingerprint density at radius 2 is 2.35 bits per heavy atom. The van der Waals surface area contributed by atoms with Crippen LogP contribution in [0.3, 0.4) is 0 Å². The molecule has 6 heteroatoms. The van der Waals surface area contributed by atoms with E-state index < -0.39 is 0 Å². The number of rotatable bonds is 6. The van der Waals surface area contributed by atoms with E-state index in [1.54, 1.807) is 18.0 Å². The standard InChI is InChI=1S/C14H24N4O2/c1-17(2)8-9-18-13(12(20-3)10-16-18)14(19)11-6-4-5-7-15-11/h10-11,15H,4-9H2,1-3H3. The zero-order valence-electron chi connectivity index (χ0n) is 12.6. The molecule has 0 saturated carbocycles. The maximum atomic E-state index is 12.7. The van der Waals surface area contributed by atoms with Gasteiger partial charge >= 0.3 is 0 Å². The largest absolute Gasteiger partial charge is 0.493 e. The molecule has 1 N–H and O–H groups in total. The number of nitrogens with zero attached hydrogens (tertiary/aromatic N) is 3. The molecule has 1 saturated heterocycles. The molecule has 1 atom stereocenters. The summed E-state index contributed by atoms with van der Waals surface area (Å²) in [5.74, 6) is 0.666. The van der Waals surface area contributed by atoms with Crippen LogP contribution in [0.2, 0.25) is 0 Å². The van der Waals surface area contributed by atoms with Gasteiger partial charge in [0.2, 0.25) is 5.78 Å². The second kappa shape index (κ2) is 6.85. The van der Waals surface area contributed by atoms with Crippen molar-refractivity contribution in [2.45, 2.75) is 31.8 Å². The molecule has 2 rings (SSSR count). The smallest absolute Gasteiger partial charge is 0.201 e.